The first-order chi connectivity index (χ1) is 16.7. The zero-order valence-electron chi connectivity index (χ0n) is 18.3. The Morgan fingerprint density at radius 3 is 1.68 bits per heavy atom. The van der Waals surface area contributed by atoms with Crippen molar-refractivity contribution in [2.24, 2.45) is 0 Å². The molecule has 0 radical (unpaired) electrons. The second-order valence-electron chi connectivity index (χ2n) is 8.41. The molecule has 2 nitrogen and oxygen atoms in total. The van der Waals surface area contributed by atoms with Gasteiger partial charge < -0.3 is 10.0 Å². The molecule has 0 atom stereocenters. The summed E-state index contributed by atoms with van der Waals surface area (Å²) in [6.07, 6.45) is 0. The van der Waals surface area contributed by atoms with Crippen molar-refractivity contribution < 1.29 is 10.0 Å². The highest BCUT2D eigenvalue weighted by molar-refractivity contribution is 7.26. The summed E-state index contributed by atoms with van der Waals surface area (Å²) in [6.45, 7) is 0. The first-order valence-corrected chi connectivity index (χ1v) is 12.1. The highest BCUT2D eigenvalue weighted by Gasteiger charge is 2.15. The smallest absolute Gasteiger partial charge is 0.423 e. The molecule has 6 aromatic rings. The second-order valence-corrected chi connectivity index (χ2v) is 9.43. The maximum atomic E-state index is 9.44. The summed E-state index contributed by atoms with van der Waals surface area (Å²) in [7, 11) is -1.46. The van der Waals surface area contributed by atoms with E-state index in [9.17, 15) is 10.0 Å². The van der Waals surface area contributed by atoms with Crippen LogP contribution in [0.2, 0.25) is 0 Å². The largest absolute Gasteiger partial charge is 0.488 e. The molecule has 0 saturated heterocycles. The Kier molecular flexibility index (Phi) is 5.27. The minimum Gasteiger partial charge on any atom is -0.423 e. The first-order valence-electron chi connectivity index (χ1n) is 11.3. The van der Waals surface area contributed by atoms with Crippen LogP contribution in [0.15, 0.2) is 115 Å². The van der Waals surface area contributed by atoms with Gasteiger partial charge in [-0.2, -0.15) is 0 Å². The Morgan fingerprint density at radius 1 is 0.471 bits per heavy atom. The summed E-state index contributed by atoms with van der Waals surface area (Å²) >= 11 is 1.82. The molecule has 1 aromatic heterocycles. The fourth-order valence-electron chi connectivity index (χ4n) is 4.61. The van der Waals surface area contributed by atoms with Crippen molar-refractivity contribution in [3.05, 3.63) is 115 Å². The Hall–Kier alpha value is -3.70. The average Bonchev–Trinajstić information content (AvgIpc) is 3.28. The summed E-state index contributed by atoms with van der Waals surface area (Å²) in [4.78, 5) is 0. The van der Waals surface area contributed by atoms with Gasteiger partial charge >= 0.3 is 7.12 Å². The van der Waals surface area contributed by atoms with E-state index in [0.29, 0.717) is 5.46 Å². The van der Waals surface area contributed by atoms with E-state index in [1.54, 1.807) is 12.1 Å². The van der Waals surface area contributed by atoms with Gasteiger partial charge in [0, 0.05) is 20.2 Å². The molecule has 34 heavy (non-hydrogen) atoms. The predicted octanol–water partition coefficient (Wildman–Crippen LogP) is 6.74. The van der Waals surface area contributed by atoms with Crippen LogP contribution in [-0.2, 0) is 0 Å². The Labute approximate surface area is 202 Å². The SMILES string of the molecule is OB(O)c1ccc(-c2cccc3c2sc2c(-c4cccc(-c5ccccc5)c4)cccc23)cc1. The van der Waals surface area contributed by atoms with E-state index >= 15 is 0 Å². The number of fused-ring (bicyclic) bond motifs is 3. The van der Waals surface area contributed by atoms with Crippen molar-refractivity contribution in [3.63, 3.8) is 0 Å². The average molecular weight is 456 g/mol. The maximum Gasteiger partial charge on any atom is 0.488 e. The lowest BCUT2D eigenvalue weighted by Crippen LogP contribution is -2.29. The zero-order chi connectivity index (χ0) is 23.1. The molecule has 0 amide bonds. The number of thiophene rings is 1. The van der Waals surface area contributed by atoms with Crippen molar-refractivity contribution in [2.45, 2.75) is 0 Å². The zero-order valence-corrected chi connectivity index (χ0v) is 19.2. The van der Waals surface area contributed by atoms with Crippen LogP contribution in [0.4, 0.5) is 0 Å². The molecule has 6 rings (SSSR count). The molecule has 0 unspecified atom stereocenters. The molecule has 5 aromatic carbocycles. The lowest BCUT2D eigenvalue weighted by atomic mass is 9.80. The van der Waals surface area contributed by atoms with Gasteiger partial charge in [0.25, 0.3) is 0 Å². The minimum atomic E-state index is -1.46. The summed E-state index contributed by atoms with van der Waals surface area (Å²) in [6, 6.07) is 39.7. The predicted molar refractivity (Wildman–Crippen MR) is 145 cm³/mol. The van der Waals surface area contributed by atoms with Gasteiger partial charge in [-0.1, -0.05) is 109 Å². The Bertz CT molecular complexity index is 1620. The molecular weight excluding hydrogens is 435 g/mol. The normalized spacial score (nSPS) is 11.2. The molecular formula is C30H21BO2S. The molecule has 0 saturated carbocycles. The molecule has 0 spiro atoms. The third-order valence-corrected chi connectivity index (χ3v) is 7.61. The molecule has 162 valence electrons. The van der Waals surface area contributed by atoms with E-state index in [0.717, 1.165) is 11.1 Å². The van der Waals surface area contributed by atoms with E-state index in [-0.39, 0.29) is 0 Å². The van der Waals surface area contributed by atoms with Crippen LogP contribution in [0.25, 0.3) is 53.6 Å². The third kappa shape index (κ3) is 3.62. The van der Waals surface area contributed by atoms with Crippen molar-refractivity contribution in [2.75, 3.05) is 0 Å². The van der Waals surface area contributed by atoms with E-state index in [4.69, 9.17) is 0 Å². The fraction of sp³-hybridized carbons (Fsp3) is 0. The van der Waals surface area contributed by atoms with E-state index < -0.39 is 7.12 Å². The first kappa shape index (κ1) is 20.9. The van der Waals surface area contributed by atoms with Gasteiger partial charge in [0.2, 0.25) is 0 Å². The molecule has 4 heteroatoms. The van der Waals surface area contributed by atoms with Crippen LogP contribution >= 0.6 is 11.3 Å². The minimum absolute atomic E-state index is 0.493. The Morgan fingerprint density at radius 2 is 1.03 bits per heavy atom. The standard InChI is InChI=1S/C30H21BO2S/c32-31(33)24-17-15-21(16-18-24)25-11-5-13-27-28-14-6-12-26(30(28)34-29(25)27)23-10-4-9-22(19-23)20-7-2-1-3-8-20/h1-19,32-33H. The van der Waals surface area contributed by atoms with Gasteiger partial charge in [-0.25, -0.2) is 0 Å². The van der Waals surface area contributed by atoms with E-state index in [2.05, 4.69) is 84.9 Å². The van der Waals surface area contributed by atoms with Crippen molar-refractivity contribution >= 4 is 44.1 Å². The van der Waals surface area contributed by atoms with Gasteiger partial charge in [0.1, 0.15) is 0 Å². The molecule has 0 aliphatic heterocycles. The molecule has 0 bridgehead atoms. The highest BCUT2D eigenvalue weighted by Crippen LogP contribution is 2.43. The van der Waals surface area contributed by atoms with Crippen molar-refractivity contribution in [1.29, 1.82) is 0 Å². The molecule has 1 heterocycles. The number of benzene rings is 5. The molecule has 0 aliphatic rings. The van der Waals surface area contributed by atoms with Crippen LogP contribution < -0.4 is 5.46 Å². The van der Waals surface area contributed by atoms with Crippen molar-refractivity contribution in [1.82, 2.24) is 0 Å². The summed E-state index contributed by atoms with van der Waals surface area (Å²) in [5, 5.41) is 21.4. The summed E-state index contributed by atoms with van der Waals surface area (Å²) < 4.78 is 2.51. The van der Waals surface area contributed by atoms with Crippen LogP contribution in [-0.4, -0.2) is 17.2 Å². The third-order valence-electron chi connectivity index (χ3n) is 6.32. The van der Waals surface area contributed by atoms with Gasteiger partial charge in [0.15, 0.2) is 0 Å². The summed E-state index contributed by atoms with van der Waals surface area (Å²) in [5.74, 6) is 0. The van der Waals surface area contributed by atoms with Crippen molar-refractivity contribution in [3.8, 4) is 33.4 Å². The van der Waals surface area contributed by atoms with Gasteiger partial charge in [-0.3, -0.25) is 0 Å². The molecule has 2 N–H and O–H groups in total. The second kappa shape index (κ2) is 8.58. The number of rotatable bonds is 4. The topological polar surface area (TPSA) is 40.5 Å². The van der Waals surface area contributed by atoms with Gasteiger partial charge in [0.05, 0.1) is 0 Å². The lowest BCUT2D eigenvalue weighted by Gasteiger charge is -2.07. The lowest BCUT2D eigenvalue weighted by molar-refractivity contribution is 0.426. The number of hydrogen-bond donors (Lipinski definition) is 2. The van der Waals surface area contributed by atoms with Crippen LogP contribution in [0, 0.1) is 0 Å². The summed E-state index contributed by atoms with van der Waals surface area (Å²) in [5.41, 5.74) is 7.58. The Balaban J connectivity index is 1.52. The fourth-order valence-corrected chi connectivity index (χ4v) is 5.98. The van der Waals surface area contributed by atoms with E-state index in [1.165, 1.54) is 42.4 Å². The highest BCUT2D eigenvalue weighted by atomic mass is 32.1. The number of hydrogen-bond acceptors (Lipinski definition) is 3. The van der Waals surface area contributed by atoms with E-state index in [1.807, 2.05) is 29.5 Å². The monoisotopic (exact) mass is 456 g/mol. The quantitative estimate of drug-likeness (QED) is 0.289. The molecule has 0 aliphatic carbocycles. The van der Waals surface area contributed by atoms with Gasteiger partial charge in [-0.15, -0.1) is 11.3 Å². The van der Waals surface area contributed by atoms with Crippen LogP contribution in [0.1, 0.15) is 0 Å². The maximum absolute atomic E-state index is 9.44. The van der Waals surface area contributed by atoms with Gasteiger partial charge in [-0.05, 0) is 44.9 Å². The molecule has 0 fully saturated rings. The van der Waals surface area contributed by atoms with Crippen LogP contribution in [0.3, 0.4) is 0 Å². The van der Waals surface area contributed by atoms with Crippen LogP contribution in [0.5, 0.6) is 0 Å².